The molecule has 6 rings (SSSR count). The largest absolute Gasteiger partial charge is 0.483 e. The van der Waals surface area contributed by atoms with Gasteiger partial charge in [-0.1, -0.05) is 112 Å². The van der Waals surface area contributed by atoms with Crippen LogP contribution in [0.15, 0.2) is 42.6 Å². The molecular formula is C53H69Cl2N9O10. The number of ether oxygens (including phenoxy) is 1. The average molecular weight is 1060 g/mol. The Morgan fingerprint density at radius 1 is 0.676 bits per heavy atom. The lowest BCUT2D eigenvalue weighted by atomic mass is 10.0. The second kappa shape index (κ2) is 29.5. The lowest BCUT2D eigenvalue weighted by Gasteiger charge is -2.32. The highest BCUT2D eigenvalue weighted by Gasteiger charge is 2.46. The van der Waals surface area contributed by atoms with Gasteiger partial charge in [0.1, 0.15) is 17.5 Å². The number of benzene rings is 2. The minimum Gasteiger partial charge on any atom is -0.483 e. The number of halogens is 2. The highest BCUT2D eigenvalue weighted by atomic mass is 35.5. The molecule has 0 aliphatic carbocycles. The molecule has 2 fully saturated rings. The summed E-state index contributed by atoms with van der Waals surface area (Å²) in [5, 5.41) is 20.6. The van der Waals surface area contributed by atoms with Gasteiger partial charge in [0.25, 0.3) is 29.5 Å². The molecule has 2 aromatic carbocycles. The molecule has 0 saturated carbocycles. The van der Waals surface area contributed by atoms with Gasteiger partial charge in [-0.2, -0.15) is 5.10 Å². The first kappa shape index (κ1) is 56.9. The zero-order valence-electron chi connectivity index (χ0n) is 42.0. The van der Waals surface area contributed by atoms with E-state index in [4.69, 9.17) is 27.9 Å². The van der Waals surface area contributed by atoms with Crippen LogP contribution >= 0.6 is 23.2 Å². The highest BCUT2D eigenvalue weighted by Crippen LogP contribution is 2.34. The fourth-order valence-electron chi connectivity index (χ4n) is 9.42. The predicted molar refractivity (Wildman–Crippen MR) is 278 cm³/mol. The molecule has 1 aromatic heterocycles. The Bertz CT molecular complexity index is 2460. The molecule has 74 heavy (non-hydrogen) atoms. The third kappa shape index (κ3) is 16.8. The van der Waals surface area contributed by atoms with E-state index < -0.39 is 41.5 Å². The average Bonchev–Trinajstić information content (AvgIpc) is 3.95. The number of amides is 9. The van der Waals surface area contributed by atoms with Gasteiger partial charge in [-0.25, -0.2) is 0 Å². The molecule has 2 saturated heterocycles. The van der Waals surface area contributed by atoms with E-state index in [9.17, 15) is 43.2 Å². The molecule has 3 aliphatic rings. The molecular weight excluding hydrogens is 994 g/mol. The van der Waals surface area contributed by atoms with Gasteiger partial charge in [0.05, 0.1) is 38.6 Å². The number of nitrogens with one attached hydrogen (secondary N) is 6. The lowest BCUT2D eigenvalue weighted by molar-refractivity contribution is -0.136. The van der Waals surface area contributed by atoms with Gasteiger partial charge in [0, 0.05) is 51.5 Å². The number of unbranched alkanes of at least 4 members (excludes halogenated alkanes) is 14. The quantitative estimate of drug-likeness (QED) is 0.0283. The Balaban J connectivity index is 0.681. The second-order valence-electron chi connectivity index (χ2n) is 19.1. The van der Waals surface area contributed by atoms with Crippen LogP contribution in [0, 0.1) is 0 Å². The number of likely N-dealkylation sites (tertiary alicyclic amines) is 1. The maximum absolute atomic E-state index is 13.2. The van der Waals surface area contributed by atoms with Gasteiger partial charge >= 0.3 is 0 Å². The predicted octanol–water partition coefficient (Wildman–Crippen LogP) is 7.42. The fourth-order valence-corrected chi connectivity index (χ4v) is 9.99. The summed E-state index contributed by atoms with van der Waals surface area (Å²) in [4.78, 5) is 116. The lowest BCUT2D eigenvalue weighted by Crippen LogP contribution is -2.54. The zero-order valence-corrected chi connectivity index (χ0v) is 43.5. The summed E-state index contributed by atoms with van der Waals surface area (Å²) in [7, 11) is 0. The number of aromatic amines is 1. The molecule has 19 nitrogen and oxygen atoms in total. The van der Waals surface area contributed by atoms with Crippen LogP contribution in [0.3, 0.4) is 0 Å². The first-order valence-corrected chi connectivity index (χ1v) is 27.0. The fraction of sp³-hybridized carbons (Fsp3) is 0.547. The van der Waals surface area contributed by atoms with Crippen LogP contribution in [0.4, 0.5) is 5.69 Å². The number of rotatable bonds is 30. The molecule has 3 aromatic rings. The first-order valence-electron chi connectivity index (χ1n) is 26.2. The summed E-state index contributed by atoms with van der Waals surface area (Å²) in [5.74, 6) is -3.46. The van der Waals surface area contributed by atoms with E-state index in [0.717, 1.165) is 108 Å². The molecule has 9 amide bonds. The molecule has 400 valence electrons. The van der Waals surface area contributed by atoms with Crippen molar-refractivity contribution < 1.29 is 47.9 Å². The molecule has 0 spiro atoms. The monoisotopic (exact) mass is 1060 g/mol. The van der Waals surface area contributed by atoms with Gasteiger partial charge < -0.3 is 30.9 Å². The first-order chi connectivity index (χ1) is 35.8. The zero-order chi connectivity index (χ0) is 52.8. The highest BCUT2D eigenvalue weighted by molar-refractivity contribution is 6.40. The van der Waals surface area contributed by atoms with E-state index in [0.29, 0.717) is 51.9 Å². The maximum atomic E-state index is 13.2. The van der Waals surface area contributed by atoms with Crippen LogP contribution < -0.4 is 31.3 Å². The number of hydrogen-bond acceptors (Lipinski definition) is 11. The number of hydrogen-bond donors (Lipinski definition) is 6. The number of carbonyl (C=O) groups excluding carboxylic acids is 9. The second-order valence-corrected chi connectivity index (χ2v) is 19.9. The molecule has 1 atom stereocenters. The molecule has 0 radical (unpaired) electrons. The molecule has 21 heteroatoms. The van der Waals surface area contributed by atoms with E-state index in [1.165, 1.54) is 18.3 Å². The summed E-state index contributed by atoms with van der Waals surface area (Å²) in [6.07, 6.45) is 20.1. The van der Waals surface area contributed by atoms with Crippen molar-refractivity contribution in [3.8, 4) is 5.75 Å². The van der Waals surface area contributed by atoms with Gasteiger partial charge in [-0.15, -0.1) is 0 Å². The summed E-state index contributed by atoms with van der Waals surface area (Å²) in [6.45, 7) is 1.98. The number of nitrogens with zero attached hydrogens (tertiary/aromatic N) is 3. The van der Waals surface area contributed by atoms with E-state index in [1.54, 1.807) is 24.3 Å². The minimum absolute atomic E-state index is 0.00218. The minimum atomic E-state index is -1.09. The summed E-state index contributed by atoms with van der Waals surface area (Å²) < 4.78 is 5.64. The number of carbonyl (C=O) groups is 9. The SMILES string of the molecule is O=C(CCCCCCCCCCNC(=O)COc1cccc2c1C(=O)N(C1CCC(=O)NC1=O)C2=O)NCCCCCCCCCCC(=O)N1CCC(NC(=O)c2[nH]ncc2NC(=O)c2c(Cl)cccc2Cl)CC1. The smallest absolute Gasteiger partial charge is 0.271 e. The van der Waals surface area contributed by atoms with E-state index >= 15 is 0 Å². The van der Waals surface area contributed by atoms with E-state index in [-0.39, 0.29) is 87.1 Å². The van der Waals surface area contributed by atoms with Crippen molar-refractivity contribution in [2.45, 2.75) is 153 Å². The molecule has 0 bridgehead atoms. The Labute approximate surface area is 441 Å². The van der Waals surface area contributed by atoms with Crippen molar-refractivity contribution in [1.82, 2.24) is 41.3 Å². The Morgan fingerprint density at radius 2 is 1.26 bits per heavy atom. The molecule has 4 heterocycles. The summed E-state index contributed by atoms with van der Waals surface area (Å²) >= 11 is 12.3. The van der Waals surface area contributed by atoms with E-state index in [2.05, 4.69) is 36.8 Å². The third-order valence-corrected chi connectivity index (χ3v) is 14.2. The Kier molecular flexibility index (Phi) is 22.7. The van der Waals surface area contributed by atoms with Crippen LogP contribution in [-0.4, -0.2) is 118 Å². The third-order valence-electron chi connectivity index (χ3n) is 13.6. The van der Waals surface area contributed by atoms with Crippen molar-refractivity contribution in [1.29, 1.82) is 0 Å². The number of fused-ring (bicyclic) bond motifs is 1. The molecule has 3 aliphatic heterocycles. The van der Waals surface area contributed by atoms with Crippen LogP contribution in [0.25, 0.3) is 0 Å². The van der Waals surface area contributed by atoms with Crippen LogP contribution in [0.1, 0.15) is 183 Å². The Morgan fingerprint density at radius 3 is 1.89 bits per heavy atom. The van der Waals surface area contributed by atoms with Crippen LogP contribution in [0.5, 0.6) is 5.75 Å². The van der Waals surface area contributed by atoms with Crippen molar-refractivity contribution >= 4 is 82.1 Å². The van der Waals surface area contributed by atoms with E-state index in [1.807, 2.05) is 4.90 Å². The van der Waals surface area contributed by atoms with Gasteiger partial charge in [-0.3, -0.25) is 58.5 Å². The molecule has 6 N–H and O–H groups in total. The van der Waals surface area contributed by atoms with Crippen LogP contribution in [-0.2, 0) is 24.0 Å². The van der Waals surface area contributed by atoms with Crippen molar-refractivity contribution in [2.75, 3.05) is 38.1 Å². The van der Waals surface area contributed by atoms with Gasteiger partial charge in [0.2, 0.25) is 23.6 Å². The topological polar surface area (TPSA) is 258 Å². The Hall–Kier alpha value is -6.34. The van der Waals surface area contributed by atoms with Gasteiger partial charge in [0.15, 0.2) is 6.61 Å². The van der Waals surface area contributed by atoms with Crippen molar-refractivity contribution in [2.24, 2.45) is 0 Å². The van der Waals surface area contributed by atoms with Crippen LogP contribution in [0.2, 0.25) is 10.0 Å². The summed E-state index contributed by atoms with van der Waals surface area (Å²) in [5.41, 5.74) is 0.506. The number of H-pyrrole nitrogens is 1. The number of imide groups is 2. The summed E-state index contributed by atoms with van der Waals surface area (Å²) in [6, 6.07) is 8.05. The number of aromatic nitrogens is 2. The van der Waals surface area contributed by atoms with Gasteiger partial charge in [-0.05, 0) is 69.2 Å². The number of piperidine rings is 2. The normalized spacial score (nSPS) is 15.7. The molecule has 1 unspecified atom stereocenters. The number of anilines is 1. The van der Waals surface area contributed by atoms with Crippen molar-refractivity contribution in [3.63, 3.8) is 0 Å². The standard InChI is InChI=1S/C53H69Cl2N9O10/c54-37-20-18-21-38(55)47(37)50(70)60-39-33-58-62-48(39)51(71)59-35-27-31-63(32-28-35)45(68)24-14-10-6-2-4-7-11-15-29-56-42(65)23-13-9-5-1-3-8-12-16-30-57-44(67)34-74-41-22-17-19-36-46(41)53(73)64(52(36)72)40-25-26-43(66)61-49(40)69/h17-22,33,35,40H,1-16,23-32,34H2,(H,56,65)(H,57,67)(H,58,62)(H,59,71)(H,60,70)(H,61,66,69). The maximum Gasteiger partial charge on any atom is 0.271 e. The van der Waals surface area contributed by atoms with Crippen molar-refractivity contribution in [3.05, 3.63) is 75.0 Å².